The number of ketones is 1. The van der Waals surface area contributed by atoms with E-state index in [0.717, 1.165) is 32.2 Å². The molecule has 0 radical (unpaired) electrons. The molecule has 3 nitrogen and oxygen atoms in total. The zero-order valence-corrected chi connectivity index (χ0v) is 5.94. The molecule has 1 heterocycles. The molecule has 1 atom stereocenters. The second kappa shape index (κ2) is 2.04. The van der Waals surface area contributed by atoms with Gasteiger partial charge in [-0.2, -0.15) is 0 Å². The minimum absolute atomic E-state index is 0.162. The van der Waals surface area contributed by atoms with Crippen LogP contribution < -0.4 is 10.9 Å². The third-order valence-electron chi connectivity index (χ3n) is 2.43. The number of carbonyl (C=O) groups is 1. The summed E-state index contributed by atoms with van der Waals surface area (Å²) >= 11 is 0. The van der Waals surface area contributed by atoms with Gasteiger partial charge in [0.05, 0.1) is 5.54 Å². The molecule has 1 aliphatic heterocycles. The first-order chi connectivity index (χ1) is 4.81. The van der Waals surface area contributed by atoms with Crippen molar-refractivity contribution in [1.29, 1.82) is 0 Å². The maximum Gasteiger partial charge on any atom is 0.134 e. The molecule has 2 N–H and O–H groups in total. The van der Waals surface area contributed by atoms with Gasteiger partial charge >= 0.3 is 0 Å². The third kappa shape index (κ3) is 0.859. The predicted octanol–water partition coefficient (Wildman–Crippen LogP) is -0.0239. The average Bonchev–Trinajstić information content (AvgIpc) is 1.85. The van der Waals surface area contributed by atoms with Crippen LogP contribution >= 0.6 is 0 Å². The lowest BCUT2D eigenvalue weighted by Crippen LogP contribution is -2.71. The van der Waals surface area contributed by atoms with Crippen molar-refractivity contribution in [2.45, 2.75) is 31.2 Å². The molecule has 2 aliphatic rings. The van der Waals surface area contributed by atoms with Crippen LogP contribution in [0.5, 0.6) is 0 Å². The molecule has 1 saturated carbocycles. The molecule has 0 aromatic rings. The monoisotopic (exact) mass is 140 g/mol. The van der Waals surface area contributed by atoms with Crippen molar-refractivity contribution in [3.63, 3.8) is 0 Å². The van der Waals surface area contributed by atoms with E-state index in [1.54, 1.807) is 0 Å². The van der Waals surface area contributed by atoms with Gasteiger partial charge < -0.3 is 0 Å². The summed E-state index contributed by atoms with van der Waals surface area (Å²) < 4.78 is 0. The van der Waals surface area contributed by atoms with Crippen molar-refractivity contribution < 1.29 is 4.79 Å². The molecule has 0 aromatic heterocycles. The first-order valence-corrected chi connectivity index (χ1v) is 3.83. The number of hydrazine groups is 1. The van der Waals surface area contributed by atoms with Crippen LogP contribution in [0.2, 0.25) is 0 Å². The summed E-state index contributed by atoms with van der Waals surface area (Å²) in [6.07, 6.45) is 3.75. The van der Waals surface area contributed by atoms with Gasteiger partial charge in [0.15, 0.2) is 0 Å². The normalized spacial score (nSPS) is 39.8. The topological polar surface area (TPSA) is 41.1 Å². The number of hydrogen-bond donors (Lipinski definition) is 2. The Labute approximate surface area is 60.1 Å². The summed E-state index contributed by atoms with van der Waals surface area (Å²) in [6, 6.07) is 0. The lowest BCUT2D eigenvalue weighted by atomic mass is 9.79. The fourth-order valence-corrected chi connectivity index (χ4v) is 1.77. The largest absolute Gasteiger partial charge is 0.300 e. The van der Waals surface area contributed by atoms with E-state index in [1.165, 1.54) is 0 Å². The number of hydrogen-bond acceptors (Lipinski definition) is 3. The van der Waals surface area contributed by atoms with Crippen LogP contribution in [-0.2, 0) is 4.79 Å². The third-order valence-corrected chi connectivity index (χ3v) is 2.43. The zero-order chi connectivity index (χ0) is 7.03. The van der Waals surface area contributed by atoms with E-state index in [0.29, 0.717) is 5.78 Å². The van der Waals surface area contributed by atoms with Crippen molar-refractivity contribution in [2.24, 2.45) is 0 Å². The molecule has 1 saturated heterocycles. The molecule has 2 rings (SSSR count). The number of Topliss-reactive ketones (excluding diaryl/α,β-unsaturated/α-hetero) is 1. The highest BCUT2D eigenvalue weighted by atomic mass is 16.1. The van der Waals surface area contributed by atoms with Crippen molar-refractivity contribution in [2.75, 3.05) is 6.54 Å². The summed E-state index contributed by atoms with van der Waals surface area (Å²) in [5.74, 6) is 0.417. The van der Waals surface area contributed by atoms with Gasteiger partial charge in [-0.15, -0.1) is 0 Å². The summed E-state index contributed by atoms with van der Waals surface area (Å²) in [6.45, 7) is 0.971. The second-order valence-electron chi connectivity index (χ2n) is 3.33. The Morgan fingerprint density at radius 3 is 2.70 bits per heavy atom. The second-order valence-corrected chi connectivity index (χ2v) is 3.33. The minimum Gasteiger partial charge on any atom is -0.300 e. The van der Waals surface area contributed by atoms with Crippen LogP contribution in [0.1, 0.15) is 25.7 Å². The van der Waals surface area contributed by atoms with Crippen molar-refractivity contribution in [3.8, 4) is 0 Å². The van der Waals surface area contributed by atoms with E-state index < -0.39 is 0 Å². The number of carbonyl (C=O) groups excluding carboxylic acids is 1. The molecular weight excluding hydrogens is 128 g/mol. The molecule has 1 unspecified atom stereocenters. The highest BCUT2D eigenvalue weighted by Crippen LogP contribution is 2.27. The molecule has 56 valence electrons. The molecule has 2 fully saturated rings. The Balaban J connectivity index is 2.02. The quantitative estimate of drug-likeness (QED) is 0.496. The van der Waals surface area contributed by atoms with Gasteiger partial charge in [0.1, 0.15) is 5.78 Å². The fourth-order valence-electron chi connectivity index (χ4n) is 1.77. The molecule has 1 aliphatic carbocycles. The number of nitrogens with one attached hydrogen (secondary N) is 2. The lowest BCUT2D eigenvalue weighted by Gasteiger charge is -2.45. The number of rotatable bonds is 0. The first-order valence-electron chi connectivity index (χ1n) is 3.83. The van der Waals surface area contributed by atoms with Gasteiger partial charge in [0.25, 0.3) is 0 Å². The highest BCUT2D eigenvalue weighted by Gasteiger charge is 2.40. The summed E-state index contributed by atoms with van der Waals surface area (Å²) in [4.78, 5) is 11.0. The molecule has 0 aromatic carbocycles. The SMILES string of the molecule is O=C1CCCC2(CNN2)C1. The van der Waals surface area contributed by atoms with Crippen LogP contribution in [0.25, 0.3) is 0 Å². The lowest BCUT2D eigenvalue weighted by molar-refractivity contribution is -0.123. The van der Waals surface area contributed by atoms with Gasteiger partial charge in [-0.1, -0.05) is 0 Å². The standard InChI is InChI=1S/C7H12N2O/c10-6-2-1-3-7(4-6)5-8-9-7/h8-9H,1-5H2. The molecule has 1 spiro atoms. The van der Waals surface area contributed by atoms with Crippen molar-refractivity contribution in [1.82, 2.24) is 10.9 Å². The van der Waals surface area contributed by atoms with Crippen molar-refractivity contribution in [3.05, 3.63) is 0 Å². The zero-order valence-electron chi connectivity index (χ0n) is 5.94. The van der Waals surface area contributed by atoms with Gasteiger partial charge in [0, 0.05) is 19.4 Å². The highest BCUT2D eigenvalue weighted by molar-refractivity contribution is 5.80. The minimum atomic E-state index is 0.162. The van der Waals surface area contributed by atoms with E-state index in [9.17, 15) is 4.79 Å². The van der Waals surface area contributed by atoms with Crippen LogP contribution in [0.3, 0.4) is 0 Å². The van der Waals surface area contributed by atoms with E-state index in [4.69, 9.17) is 0 Å². The van der Waals surface area contributed by atoms with Gasteiger partial charge in [-0.25, -0.2) is 5.43 Å². The Morgan fingerprint density at radius 2 is 2.30 bits per heavy atom. The maximum absolute atomic E-state index is 11.0. The van der Waals surface area contributed by atoms with Gasteiger partial charge in [-0.05, 0) is 12.8 Å². The van der Waals surface area contributed by atoms with E-state index in [-0.39, 0.29) is 5.54 Å². The average molecular weight is 140 g/mol. The summed E-state index contributed by atoms with van der Waals surface area (Å²) in [7, 11) is 0. The van der Waals surface area contributed by atoms with Crippen molar-refractivity contribution >= 4 is 5.78 Å². The van der Waals surface area contributed by atoms with E-state index in [2.05, 4.69) is 10.9 Å². The van der Waals surface area contributed by atoms with Crippen LogP contribution in [-0.4, -0.2) is 17.9 Å². The summed E-state index contributed by atoms with van der Waals surface area (Å²) in [5, 5.41) is 0. The molecule has 10 heavy (non-hydrogen) atoms. The Hall–Kier alpha value is -0.410. The maximum atomic E-state index is 11.0. The molecular formula is C7H12N2O. The predicted molar refractivity (Wildman–Crippen MR) is 37.3 cm³/mol. The van der Waals surface area contributed by atoms with Gasteiger partial charge in [-0.3, -0.25) is 10.2 Å². The molecule has 0 amide bonds. The summed E-state index contributed by atoms with van der Waals surface area (Å²) in [5.41, 5.74) is 6.27. The van der Waals surface area contributed by atoms with E-state index >= 15 is 0 Å². The molecule has 3 heteroatoms. The molecule has 0 bridgehead atoms. The van der Waals surface area contributed by atoms with Gasteiger partial charge in [0.2, 0.25) is 0 Å². The van der Waals surface area contributed by atoms with E-state index in [1.807, 2.05) is 0 Å². The fraction of sp³-hybridized carbons (Fsp3) is 0.857. The Kier molecular flexibility index (Phi) is 1.28. The van der Waals surface area contributed by atoms with Crippen LogP contribution in [0.15, 0.2) is 0 Å². The van der Waals surface area contributed by atoms with Crippen LogP contribution in [0.4, 0.5) is 0 Å². The van der Waals surface area contributed by atoms with Crippen LogP contribution in [0, 0.1) is 0 Å². The Morgan fingerprint density at radius 1 is 1.50 bits per heavy atom. The Bertz CT molecular complexity index is 163. The smallest absolute Gasteiger partial charge is 0.134 e. The first kappa shape index (κ1) is 6.31.